The number of benzene rings is 1. The summed E-state index contributed by atoms with van der Waals surface area (Å²) in [5.74, 6) is 0.689. The van der Waals surface area contributed by atoms with E-state index < -0.39 is 6.04 Å². The van der Waals surface area contributed by atoms with Gasteiger partial charge < -0.3 is 14.2 Å². The van der Waals surface area contributed by atoms with Gasteiger partial charge in [-0.25, -0.2) is 0 Å². The van der Waals surface area contributed by atoms with Gasteiger partial charge >= 0.3 is 0 Å². The molecule has 0 bridgehead atoms. The van der Waals surface area contributed by atoms with Crippen LogP contribution in [0.2, 0.25) is 0 Å². The number of pyridine rings is 1. The van der Waals surface area contributed by atoms with E-state index >= 15 is 0 Å². The Kier molecular flexibility index (Phi) is 4.22. The largest absolute Gasteiger partial charge is 0.377 e. The molecule has 3 aromatic rings. The van der Waals surface area contributed by atoms with Crippen LogP contribution in [0.3, 0.4) is 0 Å². The Hall–Kier alpha value is -3.06. The monoisotopic (exact) mass is 336 g/mol. The van der Waals surface area contributed by atoms with Gasteiger partial charge in [0.2, 0.25) is 0 Å². The molecule has 7 heteroatoms. The second kappa shape index (κ2) is 6.82. The summed E-state index contributed by atoms with van der Waals surface area (Å²) in [6.45, 7) is 1.25. The summed E-state index contributed by atoms with van der Waals surface area (Å²) in [7, 11) is 0. The van der Waals surface area contributed by atoms with Gasteiger partial charge in [0.25, 0.3) is 11.8 Å². The van der Waals surface area contributed by atoms with Crippen molar-refractivity contribution in [2.75, 3.05) is 19.8 Å². The van der Waals surface area contributed by atoms with Crippen molar-refractivity contribution in [3.63, 3.8) is 0 Å². The van der Waals surface area contributed by atoms with Crippen LogP contribution in [0.5, 0.6) is 0 Å². The zero-order chi connectivity index (χ0) is 17.1. The van der Waals surface area contributed by atoms with Crippen molar-refractivity contribution in [1.82, 2.24) is 20.0 Å². The maximum Gasteiger partial charge on any atom is 0.273 e. The van der Waals surface area contributed by atoms with Crippen molar-refractivity contribution in [2.45, 2.75) is 6.04 Å². The molecule has 0 spiro atoms. The highest BCUT2D eigenvalue weighted by molar-refractivity contribution is 5.92. The molecule has 1 saturated heterocycles. The van der Waals surface area contributed by atoms with Gasteiger partial charge in [-0.05, 0) is 24.3 Å². The van der Waals surface area contributed by atoms with Gasteiger partial charge in [0.1, 0.15) is 11.7 Å². The van der Waals surface area contributed by atoms with Gasteiger partial charge in [-0.3, -0.25) is 9.78 Å². The highest BCUT2D eigenvalue weighted by Gasteiger charge is 2.33. The van der Waals surface area contributed by atoms with E-state index in [-0.39, 0.29) is 5.91 Å². The average Bonchev–Trinajstić information content (AvgIpc) is 3.19. The van der Waals surface area contributed by atoms with Crippen LogP contribution < -0.4 is 0 Å². The van der Waals surface area contributed by atoms with Crippen molar-refractivity contribution < 1.29 is 14.1 Å². The molecular formula is C18H16N4O3. The van der Waals surface area contributed by atoms with E-state index in [9.17, 15) is 4.79 Å². The molecule has 0 unspecified atom stereocenters. The number of morpholine rings is 1. The van der Waals surface area contributed by atoms with Crippen molar-refractivity contribution in [3.05, 3.63) is 66.2 Å². The first-order chi connectivity index (χ1) is 12.3. The van der Waals surface area contributed by atoms with Crippen LogP contribution in [0.4, 0.5) is 0 Å². The van der Waals surface area contributed by atoms with Gasteiger partial charge in [0.05, 0.1) is 13.2 Å². The number of hydrogen-bond donors (Lipinski definition) is 0. The number of carbonyl (C=O) groups excluding carboxylic acids is 1. The zero-order valence-corrected chi connectivity index (χ0v) is 13.4. The lowest BCUT2D eigenvalue weighted by Gasteiger charge is -2.33. The van der Waals surface area contributed by atoms with Crippen LogP contribution in [0.25, 0.3) is 11.5 Å². The number of hydrogen-bond acceptors (Lipinski definition) is 6. The van der Waals surface area contributed by atoms with Crippen molar-refractivity contribution in [3.8, 4) is 11.5 Å². The molecule has 1 atom stereocenters. The van der Waals surface area contributed by atoms with Crippen molar-refractivity contribution in [1.29, 1.82) is 0 Å². The molecule has 1 aromatic carbocycles. The summed E-state index contributed by atoms with van der Waals surface area (Å²) in [5.41, 5.74) is 1.22. The van der Waals surface area contributed by atoms with Crippen molar-refractivity contribution >= 4 is 5.91 Å². The minimum atomic E-state index is -0.399. The molecule has 0 aliphatic carbocycles. The smallest absolute Gasteiger partial charge is 0.273 e. The molecule has 0 radical (unpaired) electrons. The molecule has 1 amide bonds. The predicted octanol–water partition coefficient (Wildman–Crippen LogP) is 2.35. The van der Waals surface area contributed by atoms with Crippen LogP contribution in [-0.2, 0) is 4.74 Å². The molecule has 7 nitrogen and oxygen atoms in total. The van der Waals surface area contributed by atoms with Gasteiger partial charge in [-0.15, -0.1) is 0 Å². The molecule has 4 rings (SSSR count). The number of nitrogens with zero attached hydrogens (tertiary/aromatic N) is 4. The number of aromatic nitrogens is 3. The van der Waals surface area contributed by atoms with Crippen LogP contribution in [0.1, 0.15) is 22.4 Å². The maximum absolute atomic E-state index is 12.8. The van der Waals surface area contributed by atoms with Crippen molar-refractivity contribution in [2.24, 2.45) is 0 Å². The summed E-state index contributed by atoms with van der Waals surface area (Å²) in [6.07, 6.45) is 1.60. The second-order valence-corrected chi connectivity index (χ2v) is 5.63. The maximum atomic E-state index is 12.8. The highest BCUT2D eigenvalue weighted by atomic mass is 16.5. The van der Waals surface area contributed by atoms with Crippen LogP contribution >= 0.6 is 0 Å². The number of amides is 1. The van der Waals surface area contributed by atoms with Crippen LogP contribution in [0, 0.1) is 0 Å². The van der Waals surface area contributed by atoms with E-state index in [2.05, 4.69) is 15.1 Å². The van der Waals surface area contributed by atoms with Gasteiger partial charge in [-0.2, -0.15) is 4.98 Å². The minimum absolute atomic E-state index is 0.167. The number of carbonyl (C=O) groups is 1. The third kappa shape index (κ3) is 3.14. The zero-order valence-electron chi connectivity index (χ0n) is 13.4. The molecule has 0 N–H and O–H groups in total. The fourth-order valence-electron chi connectivity index (χ4n) is 2.77. The molecule has 3 heterocycles. The number of ether oxygens (including phenoxy) is 1. The fourth-order valence-corrected chi connectivity index (χ4v) is 2.77. The van der Waals surface area contributed by atoms with E-state index in [0.717, 1.165) is 5.56 Å². The molecule has 0 saturated carbocycles. The molecule has 2 aromatic heterocycles. The quantitative estimate of drug-likeness (QED) is 0.730. The SMILES string of the molecule is O=C(c1ccccn1)N1CCOC[C@H]1c1noc(-c2ccccc2)n1. The van der Waals surface area contributed by atoms with E-state index in [1.165, 1.54) is 0 Å². The summed E-state index contributed by atoms with van der Waals surface area (Å²) >= 11 is 0. The highest BCUT2D eigenvalue weighted by Crippen LogP contribution is 2.26. The Labute approximate surface area is 144 Å². The molecule has 1 aliphatic rings. The summed E-state index contributed by atoms with van der Waals surface area (Å²) in [4.78, 5) is 23.1. The first-order valence-corrected chi connectivity index (χ1v) is 8.02. The van der Waals surface area contributed by atoms with Gasteiger partial charge in [0, 0.05) is 18.3 Å². The van der Waals surface area contributed by atoms with E-state index in [0.29, 0.717) is 37.2 Å². The Balaban J connectivity index is 1.62. The molecule has 25 heavy (non-hydrogen) atoms. The standard InChI is InChI=1S/C18H16N4O3/c23-18(14-8-4-5-9-19-14)22-10-11-24-12-15(22)16-20-17(25-21-16)13-6-2-1-3-7-13/h1-9,15H,10-12H2/t15-/m0/s1. The summed E-state index contributed by atoms with van der Waals surface area (Å²) in [6, 6.07) is 14.4. The Bertz CT molecular complexity index is 851. The van der Waals surface area contributed by atoms with Gasteiger partial charge in [-0.1, -0.05) is 29.4 Å². The lowest BCUT2D eigenvalue weighted by atomic mass is 10.2. The van der Waals surface area contributed by atoms with E-state index in [1.54, 1.807) is 29.3 Å². The van der Waals surface area contributed by atoms with Gasteiger partial charge in [0.15, 0.2) is 5.82 Å². The first kappa shape index (κ1) is 15.5. The lowest BCUT2D eigenvalue weighted by molar-refractivity contribution is -0.00607. The van der Waals surface area contributed by atoms with Crippen LogP contribution in [-0.4, -0.2) is 45.7 Å². The normalized spacial score (nSPS) is 17.4. The minimum Gasteiger partial charge on any atom is -0.377 e. The Morgan fingerprint density at radius 3 is 2.76 bits per heavy atom. The van der Waals surface area contributed by atoms with E-state index in [1.807, 2.05) is 30.3 Å². The molecule has 126 valence electrons. The van der Waals surface area contributed by atoms with Crippen LogP contribution in [0.15, 0.2) is 59.3 Å². The predicted molar refractivity (Wildman–Crippen MR) is 88.6 cm³/mol. The topological polar surface area (TPSA) is 81.4 Å². The lowest BCUT2D eigenvalue weighted by Crippen LogP contribution is -2.44. The molecule has 1 fully saturated rings. The first-order valence-electron chi connectivity index (χ1n) is 8.02. The summed E-state index contributed by atoms with van der Waals surface area (Å²) < 4.78 is 10.9. The second-order valence-electron chi connectivity index (χ2n) is 5.63. The fraction of sp³-hybridized carbons (Fsp3) is 0.222. The third-order valence-electron chi connectivity index (χ3n) is 4.03. The Morgan fingerprint density at radius 2 is 1.96 bits per heavy atom. The third-order valence-corrected chi connectivity index (χ3v) is 4.03. The molecular weight excluding hydrogens is 320 g/mol. The summed E-state index contributed by atoms with van der Waals surface area (Å²) in [5, 5.41) is 4.06. The molecule has 1 aliphatic heterocycles. The number of rotatable bonds is 3. The Morgan fingerprint density at radius 1 is 1.12 bits per heavy atom. The van der Waals surface area contributed by atoms with E-state index in [4.69, 9.17) is 9.26 Å². The average molecular weight is 336 g/mol.